The third kappa shape index (κ3) is 41.0. The molecule has 0 bridgehead atoms. The molecule has 0 aromatic carbocycles. The first-order valence-corrected chi connectivity index (χ1v) is 32.3. The number of hydrogen-bond donors (Lipinski definition) is 6. The molecule has 1 heterocycles. The van der Waals surface area contributed by atoms with Gasteiger partial charge in [0, 0.05) is 6.42 Å². The second kappa shape index (κ2) is 53.5. The van der Waals surface area contributed by atoms with Crippen LogP contribution in [0.3, 0.4) is 0 Å². The number of hydrogen-bond acceptors (Lipinski definition) is 10. The van der Waals surface area contributed by atoms with Crippen LogP contribution in [0.15, 0.2) is 36.5 Å². The summed E-state index contributed by atoms with van der Waals surface area (Å²) in [4.78, 5) is 26.6. The third-order valence-electron chi connectivity index (χ3n) is 15.3. The van der Waals surface area contributed by atoms with Crippen LogP contribution in [-0.2, 0) is 23.8 Å². The fourth-order valence-corrected chi connectivity index (χ4v) is 10.2. The van der Waals surface area contributed by atoms with E-state index in [2.05, 4.69) is 50.4 Å². The first-order chi connectivity index (χ1) is 37.2. The Morgan fingerprint density at radius 3 is 1.37 bits per heavy atom. The second-order valence-electron chi connectivity index (χ2n) is 22.5. The molecule has 1 saturated heterocycles. The number of amides is 1. The first kappa shape index (κ1) is 71.9. The summed E-state index contributed by atoms with van der Waals surface area (Å²) in [6.07, 6.45) is 53.2. The Balaban J connectivity index is 2.65. The van der Waals surface area contributed by atoms with Gasteiger partial charge in [0.25, 0.3) is 0 Å². The summed E-state index contributed by atoms with van der Waals surface area (Å²) in [5.41, 5.74) is 0. The molecule has 8 unspecified atom stereocenters. The molecular weight excluding hydrogens is 955 g/mol. The topological polar surface area (TPSA) is 175 Å². The molecule has 8 atom stereocenters. The number of ether oxygens (including phenoxy) is 3. The van der Waals surface area contributed by atoms with E-state index in [1.807, 2.05) is 6.08 Å². The lowest BCUT2D eigenvalue weighted by Crippen LogP contribution is -2.61. The molecule has 1 aliphatic rings. The zero-order chi connectivity index (χ0) is 55.4. The number of unbranched alkanes of at least 4 members (excludes halogenated alkanes) is 37. The molecule has 0 spiro atoms. The molecule has 0 aliphatic carbocycles. The number of allylic oxidation sites excluding steroid dienone is 5. The predicted octanol–water partition coefficient (Wildman–Crippen LogP) is 15.5. The van der Waals surface area contributed by atoms with Gasteiger partial charge in [-0.15, -0.1) is 0 Å². The van der Waals surface area contributed by atoms with Crippen LogP contribution in [0.25, 0.3) is 0 Å². The predicted molar refractivity (Wildman–Crippen MR) is 315 cm³/mol. The molecule has 11 nitrogen and oxygen atoms in total. The monoisotopic (exact) mass is 1080 g/mol. The van der Waals surface area contributed by atoms with Crippen LogP contribution < -0.4 is 5.32 Å². The lowest BCUT2D eigenvalue weighted by atomic mass is 9.99. The maximum Gasteiger partial charge on any atom is 0.306 e. The van der Waals surface area contributed by atoms with Crippen molar-refractivity contribution in [3.8, 4) is 0 Å². The van der Waals surface area contributed by atoms with Gasteiger partial charge < -0.3 is 45.1 Å². The van der Waals surface area contributed by atoms with E-state index < -0.39 is 67.4 Å². The molecule has 1 fully saturated rings. The molecule has 6 N–H and O–H groups in total. The second-order valence-corrected chi connectivity index (χ2v) is 22.5. The van der Waals surface area contributed by atoms with Crippen LogP contribution >= 0.6 is 0 Å². The van der Waals surface area contributed by atoms with Gasteiger partial charge in [0.05, 0.1) is 25.4 Å². The largest absolute Gasteiger partial charge is 0.454 e. The summed E-state index contributed by atoms with van der Waals surface area (Å²) in [6, 6.07) is -1.02. The van der Waals surface area contributed by atoms with E-state index in [1.54, 1.807) is 6.08 Å². The van der Waals surface area contributed by atoms with E-state index in [0.29, 0.717) is 19.3 Å². The minimum Gasteiger partial charge on any atom is -0.454 e. The number of carbonyl (C=O) groups is 2. The zero-order valence-electron chi connectivity index (χ0n) is 49.4. The molecule has 76 heavy (non-hydrogen) atoms. The fraction of sp³-hybridized carbons (Fsp3) is 0.877. The van der Waals surface area contributed by atoms with Gasteiger partial charge in [-0.05, 0) is 57.8 Å². The Morgan fingerprint density at radius 2 is 0.908 bits per heavy atom. The van der Waals surface area contributed by atoms with Crippen molar-refractivity contribution in [1.82, 2.24) is 5.32 Å². The van der Waals surface area contributed by atoms with Crippen molar-refractivity contribution in [1.29, 1.82) is 0 Å². The van der Waals surface area contributed by atoms with Gasteiger partial charge in [0.1, 0.15) is 24.4 Å². The number of esters is 1. The van der Waals surface area contributed by atoms with Crippen LogP contribution in [0.4, 0.5) is 0 Å². The maximum atomic E-state index is 13.4. The normalized spacial score (nSPS) is 19.3. The van der Waals surface area contributed by atoms with Crippen molar-refractivity contribution in [2.45, 2.75) is 352 Å². The molecule has 0 radical (unpaired) electrons. The summed E-state index contributed by atoms with van der Waals surface area (Å²) in [6.45, 7) is 5.79. The third-order valence-corrected chi connectivity index (χ3v) is 15.3. The van der Waals surface area contributed by atoms with E-state index in [0.717, 1.165) is 70.6 Å². The maximum absolute atomic E-state index is 13.4. The van der Waals surface area contributed by atoms with E-state index >= 15 is 0 Å². The van der Waals surface area contributed by atoms with Crippen LogP contribution in [0.2, 0.25) is 0 Å². The summed E-state index contributed by atoms with van der Waals surface area (Å²) in [7, 11) is 0. The van der Waals surface area contributed by atoms with Crippen LogP contribution in [0.5, 0.6) is 0 Å². The van der Waals surface area contributed by atoms with Crippen molar-refractivity contribution in [2.24, 2.45) is 0 Å². The van der Waals surface area contributed by atoms with Crippen LogP contribution in [0, 0.1) is 0 Å². The first-order valence-electron chi connectivity index (χ1n) is 32.3. The molecular formula is C65H121NO10. The lowest BCUT2D eigenvalue weighted by Gasteiger charge is -2.41. The van der Waals surface area contributed by atoms with Crippen molar-refractivity contribution >= 4 is 11.9 Å². The Bertz CT molecular complexity index is 1380. The highest BCUT2D eigenvalue weighted by molar-refractivity contribution is 5.80. The zero-order valence-corrected chi connectivity index (χ0v) is 49.4. The standard InChI is InChI=1S/C65H121NO10/c1-4-7-10-13-16-19-22-25-27-29-30-31-33-35-38-41-44-47-50-53-60(70)76-63-62(72)61(71)59(54-67)75-65(63)74-55-56(57(68)51-48-45-42-39-36-24-21-18-15-12-9-6-3)66-64(73)58(69)52-49-46-43-40-37-34-32-28-26-23-20-17-14-11-8-5-2/h16,19,25,27,48,51,56-59,61-63,65,67-69,71-72H,4-15,17-18,20-24,26,28-47,49-50,52-55H2,1-3H3,(H,66,73)/b19-16-,27-25-,51-48+. The van der Waals surface area contributed by atoms with E-state index in [1.165, 1.54) is 186 Å². The minimum absolute atomic E-state index is 0.121. The van der Waals surface area contributed by atoms with Crippen molar-refractivity contribution in [3.05, 3.63) is 36.5 Å². The number of aliphatic hydroxyl groups is 5. The van der Waals surface area contributed by atoms with Crippen LogP contribution in [0.1, 0.15) is 303 Å². The summed E-state index contributed by atoms with van der Waals surface area (Å²) < 4.78 is 17.6. The Kier molecular flexibility index (Phi) is 50.6. The highest BCUT2D eigenvalue weighted by atomic mass is 16.7. The molecule has 1 amide bonds. The van der Waals surface area contributed by atoms with E-state index in [9.17, 15) is 35.1 Å². The number of nitrogens with one attached hydrogen (secondary N) is 1. The highest BCUT2D eigenvalue weighted by Gasteiger charge is 2.47. The Hall–Kier alpha value is -2.12. The Morgan fingerprint density at radius 1 is 0.513 bits per heavy atom. The molecule has 1 rings (SSSR count). The van der Waals surface area contributed by atoms with Gasteiger partial charge in [-0.25, -0.2) is 0 Å². The van der Waals surface area contributed by atoms with E-state index in [-0.39, 0.29) is 13.0 Å². The van der Waals surface area contributed by atoms with Gasteiger partial charge in [-0.3, -0.25) is 9.59 Å². The molecule has 0 saturated carbocycles. The molecule has 1 aliphatic heterocycles. The van der Waals surface area contributed by atoms with Gasteiger partial charge in [-0.2, -0.15) is 0 Å². The number of rotatable bonds is 55. The van der Waals surface area contributed by atoms with Crippen molar-refractivity contribution in [2.75, 3.05) is 13.2 Å². The van der Waals surface area contributed by atoms with Crippen LogP contribution in [-0.4, -0.2) is 99.6 Å². The highest BCUT2D eigenvalue weighted by Crippen LogP contribution is 2.26. The van der Waals surface area contributed by atoms with Gasteiger partial charge in [0.2, 0.25) is 5.91 Å². The average molecular weight is 1080 g/mol. The smallest absolute Gasteiger partial charge is 0.306 e. The van der Waals surface area contributed by atoms with Crippen molar-refractivity contribution < 1.29 is 49.3 Å². The Labute approximate surface area is 466 Å². The molecule has 0 aromatic heterocycles. The van der Waals surface area contributed by atoms with Gasteiger partial charge >= 0.3 is 5.97 Å². The molecule has 11 heteroatoms. The van der Waals surface area contributed by atoms with E-state index in [4.69, 9.17) is 14.2 Å². The lowest BCUT2D eigenvalue weighted by molar-refractivity contribution is -0.305. The summed E-state index contributed by atoms with van der Waals surface area (Å²) in [5, 5.41) is 57.0. The molecule has 0 aromatic rings. The SMILES string of the molecule is CCCCC/C=C\C/C=C\CCCCCCCCCCCC(=O)OC1C(OCC(NC(=O)C(O)CCCCCCCCCCCCCCCCCC)C(O)/C=C/CCCCCCCCCCCC)OC(CO)C(O)C1O. The van der Waals surface area contributed by atoms with Gasteiger partial charge in [-0.1, -0.05) is 276 Å². The van der Waals surface area contributed by atoms with Gasteiger partial charge in [0.15, 0.2) is 12.4 Å². The number of aliphatic hydroxyl groups excluding tert-OH is 5. The fourth-order valence-electron chi connectivity index (χ4n) is 10.2. The summed E-state index contributed by atoms with van der Waals surface area (Å²) in [5.74, 6) is -1.19. The quantitative estimate of drug-likeness (QED) is 0.0195. The minimum atomic E-state index is -1.61. The average Bonchev–Trinajstić information content (AvgIpc) is 3.42. The summed E-state index contributed by atoms with van der Waals surface area (Å²) >= 11 is 0. The molecule has 446 valence electrons. The van der Waals surface area contributed by atoms with Crippen molar-refractivity contribution in [3.63, 3.8) is 0 Å². The number of carbonyl (C=O) groups excluding carboxylic acids is 2.